The van der Waals surface area contributed by atoms with E-state index < -0.39 is 0 Å². The Bertz CT molecular complexity index is 75.3. The average molecular weight is 143 g/mol. The van der Waals surface area contributed by atoms with Gasteiger partial charge in [-0.15, -0.1) is 0 Å². The SMILES string of the molecule is CC[C@@H]1CO[C@H](CC)CN1. The molecule has 0 amide bonds. The second kappa shape index (κ2) is 3.94. The summed E-state index contributed by atoms with van der Waals surface area (Å²) in [5.41, 5.74) is 0. The van der Waals surface area contributed by atoms with E-state index in [0.29, 0.717) is 12.1 Å². The highest BCUT2D eigenvalue weighted by molar-refractivity contribution is 4.73. The molecule has 2 atom stereocenters. The van der Waals surface area contributed by atoms with Crippen LogP contribution in [0.25, 0.3) is 0 Å². The zero-order chi connectivity index (χ0) is 7.40. The molecule has 10 heavy (non-hydrogen) atoms. The summed E-state index contributed by atoms with van der Waals surface area (Å²) >= 11 is 0. The Kier molecular flexibility index (Phi) is 3.16. The van der Waals surface area contributed by atoms with Crippen LogP contribution in [0.5, 0.6) is 0 Å². The Morgan fingerprint density at radius 3 is 2.60 bits per heavy atom. The maximum Gasteiger partial charge on any atom is 0.0697 e. The average Bonchev–Trinajstić information content (AvgIpc) is 2.05. The fraction of sp³-hybridized carbons (Fsp3) is 1.00. The van der Waals surface area contributed by atoms with Crippen LogP contribution in [0.1, 0.15) is 26.7 Å². The predicted octanol–water partition coefficient (Wildman–Crippen LogP) is 1.16. The maximum absolute atomic E-state index is 5.57. The summed E-state index contributed by atoms with van der Waals surface area (Å²) in [5.74, 6) is 0. The monoisotopic (exact) mass is 143 g/mol. The van der Waals surface area contributed by atoms with Crippen LogP contribution < -0.4 is 5.32 Å². The van der Waals surface area contributed by atoms with Gasteiger partial charge >= 0.3 is 0 Å². The van der Waals surface area contributed by atoms with E-state index in [9.17, 15) is 0 Å². The van der Waals surface area contributed by atoms with E-state index in [0.717, 1.165) is 19.6 Å². The zero-order valence-electron chi connectivity index (χ0n) is 6.89. The molecule has 1 fully saturated rings. The van der Waals surface area contributed by atoms with Crippen LogP contribution in [0.3, 0.4) is 0 Å². The van der Waals surface area contributed by atoms with Crippen molar-refractivity contribution in [1.29, 1.82) is 0 Å². The van der Waals surface area contributed by atoms with Gasteiger partial charge in [0.1, 0.15) is 0 Å². The minimum Gasteiger partial charge on any atom is -0.375 e. The van der Waals surface area contributed by atoms with E-state index in [1.165, 1.54) is 6.42 Å². The summed E-state index contributed by atoms with van der Waals surface area (Å²) in [6, 6.07) is 0.600. The zero-order valence-corrected chi connectivity index (χ0v) is 6.89. The molecule has 0 aromatic carbocycles. The molecular formula is C8H17NO. The van der Waals surface area contributed by atoms with Crippen LogP contribution in [-0.4, -0.2) is 25.3 Å². The van der Waals surface area contributed by atoms with Gasteiger partial charge in [0.05, 0.1) is 12.7 Å². The molecule has 1 heterocycles. The standard InChI is InChI=1S/C8H17NO/c1-3-7-6-10-8(4-2)5-9-7/h7-9H,3-6H2,1-2H3/t7-,8-/m1/s1. The Balaban J connectivity index is 2.17. The van der Waals surface area contributed by atoms with Gasteiger partial charge in [-0.05, 0) is 12.8 Å². The van der Waals surface area contributed by atoms with E-state index >= 15 is 0 Å². The Morgan fingerprint density at radius 1 is 1.40 bits per heavy atom. The summed E-state index contributed by atoms with van der Waals surface area (Å²) in [5, 5.41) is 3.44. The summed E-state index contributed by atoms with van der Waals surface area (Å²) in [4.78, 5) is 0. The molecule has 1 rings (SSSR count). The molecule has 0 radical (unpaired) electrons. The molecule has 0 bridgehead atoms. The van der Waals surface area contributed by atoms with Gasteiger partial charge in [0, 0.05) is 12.6 Å². The minimum atomic E-state index is 0.461. The van der Waals surface area contributed by atoms with E-state index in [-0.39, 0.29) is 0 Å². The van der Waals surface area contributed by atoms with E-state index in [4.69, 9.17) is 4.74 Å². The van der Waals surface area contributed by atoms with Crippen LogP contribution in [-0.2, 0) is 4.74 Å². The third-order valence-electron chi connectivity index (χ3n) is 2.12. The first-order valence-electron chi connectivity index (χ1n) is 4.21. The predicted molar refractivity (Wildman–Crippen MR) is 42.1 cm³/mol. The third kappa shape index (κ3) is 1.96. The van der Waals surface area contributed by atoms with Crippen molar-refractivity contribution in [1.82, 2.24) is 5.32 Å². The van der Waals surface area contributed by atoms with Crippen LogP contribution in [0.2, 0.25) is 0 Å². The fourth-order valence-corrected chi connectivity index (χ4v) is 1.19. The lowest BCUT2D eigenvalue weighted by Crippen LogP contribution is -2.45. The van der Waals surface area contributed by atoms with Crippen LogP contribution in [0.4, 0.5) is 0 Å². The van der Waals surface area contributed by atoms with Crippen LogP contribution in [0.15, 0.2) is 0 Å². The van der Waals surface area contributed by atoms with Crippen molar-refractivity contribution in [2.75, 3.05) is 13.2 Å². The number of hydrogen-bond acceptors (Lipinski definition) is 2. The quantitative estimate of drug-likeness (QED) is 0.626. The van der Waals surface area contributed by atoms with Gasteiger partial charge in [0.2, 0.25) is 0 Å². The van der Waals surface area contributed by atoms with Gasteiger partial charge in [-0.25, -0.2) is 0 Å². The van der Waals surface area contributed by atoms with Crippen LogP contribution in [0, 0.1) is 0 Å². The molecule has 1 N–H and O–H groups in total. The highest BCUT2D eigenvalue weighted by Gasteiger charge is 2.17. The summed E-state index contributed by atoms with van der Waals surface area (Å²) in [7, 11) is 0. The molecule has 1 aliphatic rings. The molecule has 60 valence electrons. The highest BCUT2D eigenvalue weighted by Crippen LogP contribution is 2.05. The molecule has 0 aromatic rings. The molecule has 1 saturated heterocycles. The van der Waals surface area contributed by atoms with Crippen molar-refractivity contribution in [3.63, 3.8) is 0 Å². The molecular weight excluding hydrogens is 126 g/mol. The number of rotatable bonds is 2. The normalized spacial score (nSPS) is 34.2. The molecule has 0 unspecified atom stereocenters. The first kappa shape index (κ1) is 8.02. The Morgan fingerprint density at radius 2 is 2.20 bits per heavy atom. The largest absolute Gasteiger partial charge is 0.375 e. The van der Waals surface area contributed by atoms with Gasteiger partial charge in [0.15, 0.2) is 0 Å². The van der Waals surface area contributed by atoms with Crippen molar-refractivity contribution in [2.45, 2.75) is 38.8 Å². The van der Waals surface area contributed by atoms with Gasteiger partial charge in [-0.2, -0.15) is 0 Å². The number of nitrogens with one attached hydrogen (secondary N) is 1. The lowest BCUT2D eigenvalue weighted by atomic mass is 10.1. The lowest BCUT2D eigenvalue weighted by molar-refractivity contribution is 0.00190. The smallest absolute Gasteiger partial charge is 0.0697 e. The van der Waals surface area contributed by atoms with Crippen molar-refractivity contribution >= 4 is 0 Å². The fourth-order valence-electron chi connectivity index (χ4n) is 1.19. The van der Waals surface area contributed by atoms with Crippen molar-refractivity contribution in [3.05, 3.63) is 0 Å². The van der Waals surface area contributed by atoms with E-state index in [2.05, 4.69) is 19.2 Å². The summed E-state index contributed by atoms with van der Waals surface area (Å²) in [6.07, 6.45) is 2.77. The van der Waals surface area contributed by atoms with E-state index in [1.807, 2.05) is 0 Å². The Hall–Kier alpha value is -0.0800. The summed E-state index contributed by atoms with van der Waals surface area (Å²) < 4.78 is 5.57. The van der Waals surface area contributed by atoms with Gasteiger partial charge < -0.3 is 10.1 Å². The second-order valence-electron chi connectivity index (χ2n) is 2.88. The Labute approximate surface area is 63.0 Å². The van der Waals surface area contributed by atoms with Gasteiger partial charge in [0.25, 0.3) is 0 Å². The van der Waals surface area contributed by atoms with Crippen LogP contribution >= 0.6 is 0 Å². The topological polar surface area (TPSA) is 21.3 Å². The molecule has 0 aliphatic carbocycles. The van der Waals surface area contributed by atoms with Gasteiger partial charge in [-0.3, -0.25) is 0 Å². The first-order chi connectivity index (χ1) is 4.86. The first-order valence-corrected chi connectivity index (χ1v) is 4.21. The van der Waals surface area contributed by atoms with Crippen molar-refractivity contribution < 1.29 is 4.74 Å². The molecule has 0 spiro atoms. The van der Waals surface area contributed by atoms with Gasteiger partial charge in [-0.1, -0.05) is 13.8 Å². The van der Waals surface area contributed by atoms with Crippen molar-refractivity contribution in [2.24, 2.45) is 0 Å². The molecule has 1 aliphatic heterocycles. The number of morpholine rings is 1. The third-order valence-corrected chi connectivity index (χ3v) is 2.12. The minimum absolute atomic E-state index is 0.461. The number of ether oxygens (including phenoxy) is 1. The second-order valence-corrected chi connectivity index (χ2v) is 2.88. The van der Waals surface area contributed by atoms with Crippen molar-refractivity contribution in [3.8, 4) is 0 Å². The molecule has 2 heteroatoms. The molecule has 0 saturated carbocycles. The number of hydrogen-bond donors (Lipinski definition) is 1. The highest BCUT2D eigenvalue weighted by atomic mass is 16.5. The molecule has 2 nitrogen and oxygen atoms in total. The molecule has 0 aromatic heterocycles. The maximum atomic E-state index is 5.57. The summed E-state index contributed by atoms with van der Waals surface area (Å²) in [6.45, 7) is 6.29. The lowest BCUT2D eigenvalue weighted by Gasteiger charge is -2.28. The van der Waals surface area contributed by atoms with E-state index in [1.54, 1.807) is 0 Å².